The molecule has 2 aromatic carbocycles. The molecule has 0 aliphatic heterocycles. The van der Waals surface area contributed by atoms with Crippen molar-refractivity contribution in [1.82, 2.24) is 0 Å². The highest BCUT2D eigenvalue weighted by atomic mass is 16.5. The predicted octanol–water partition coefficient (Wildman–Crippen LogP) is 2.79. The van der Waals surface area contributed by atoms with Crippen molar-refractivity contribution < 1.29 is 24.5 Å². The van der Waals surface area contributed by atoms with E-state index in [1.807, 2.05) is 13.0 Å². The van der Waals surface area contributed by atoms with Crippen LogP contribution in [0.25, 0.3) is 0 Å². The smallest absolute Gasteiger partial charge is 0.198 e. The van der Waals surface area contributed by atoms with Crippen molar-refractivity contribution >= 4 is 11.6 Å². The average Bonchev–Trinajstić information content (AvgIpc) is 2.58. The van der Waals surface area contributed by atoms with E-state index in [1.165, 1.54) is 19.2 Å². The second kappa shape index (κ2) is 5.43. The molecule has 2 N–H and O–H groups in total. The van der Waals surface area contributed by atoms with Crippen LogP contribution in [0.3, 0.4) is 0 Å². The molecule has 0 saturated heterocycles. The summed E-state index contributed by atoms with van der Waals surface area (Å²) in [4.78, 5) is 26.2. The number of aromatic hydroxyl groups is 1. The molecule has 0 radical (unpaired) electrons. The number of rotatable bonds is 1. The van der Waals surface area contributed by atoms with Crippen LogP contribution in [0.2, 0.25) is 0 Å². The van der Waals surface area contributed by atoms with Gasteiger partial charge in [0.1, 0.15) is 11.5 Å². The van der Waals surface area contributed by atoms with Crippen LogP contribution in [0, 0.1) is 5.92 Å². The maximum Gasteiger partial charge on any atom is 0.198 e. The lowest BCUT2D eigenvalue weighted by Gasteiger charge is -2.31. The molecule has 2 atom stereocenters. The lowest BCUT2D eigenvalue weighted by molar-refractivity contribution is 0.0961. The Morgan fingerprint density at radius 1 is 1.04 bits per heavy atom. The van der Waals surface area contributed by atoms with Gasteiger partial charge in [0.05, 0.1) is 24.3 Å². The number of ether oxygens (including phenoxy) is 1. The van der Waals surface area contributed by atoms with Crippen LogP contribution < -0.4 is 4.74 Å². The Hall–Kier alpha value is -2.66. The fourth-order valence-electron chi connectivity index (χ4n) is 4.07. The fraction of sp³-hybridized carbons (Fsp3) is 0.300. The van der Waals surface area contributed by atoms with E-state index in [9.17, 15) is 19.8 Å². The van der Waals surface area contributed by atoms with Gasteiger partial charge in [0.2, 0.25) is 0 Å². The summed E-state index contributed by atoms with van der Waals surface area (Å²) in [6.45, 7) is 2.05. The highest BCUT2D eigenvalue weighted by molar-refractivity contribution is 6.30. The van der Waals surface area contributed by atoms with E-state index in [-0.39, 0.29) is 39.5 Å². The molecule has 4 rings (SSSR count). The molecule has 0 heterocycles. The SMILES string of the molecule is COc1ccc(O)c2c1C(=O)c1ccc3c(c1C2=O)[C@@H](O)C[C@@H](C)C3. The number of phenolic OH excluding ortho intramolecular Hbond substituents is 1. The maximum atomic E-state index is 13.2. The number of fused-ring (bicyclic) bond motifs is 4. The first-order valence-corrected chi connectivity index (χ1v) is 8.27. The molecule has 0 unspecified atom stereocenters. The minimum Gasteiger partial charge on any atom is -0.507 e. The van der Waals surface area contributed by atoms with Gasteiger partial charge in [-0.2, -0.15) is 0 Å². The van der Waals surface area contributed by atoms with Crippen molar-refractivity contribution in [2.24, 2.45) is 5.92 Å². The third-order valence-corrected chi connectivity index (χ3v) is 5.15. The van der Waals surface area contributed by atoms with Crippen molar-refractivity contribution in [3.63, 3.8) is 0 Å². The minimum absolute atomic E-state index is 0.0453. The van der Waals surface area contributed by atoms with Crippen LogP contribution in [0.4, 0.5) is 0 Å². The topological polar surface area (TPSA) is 83.8 Å². The van der Waals surface area contributed by atoms with Gasteiger partial charge in [0.15, 0.2) is 11.6 Å². The standard InChI is InChI=1S/C20H18O5/c1-9-7-10-3-4-11-16(15(10)13(22)8-9)20(24)17-12(21)5-6-14(25-2)18(17)19(11)23/h3-6,9,13,21-22H,7-8H2,1-2H3/t9-,13-/m0/s1. The highest BCUT2D eigenvalue weighted by Gasteiger charge is 2.39. The van der Waals surface area contributed by atoms with Gasteiger partial charge in [-0.15, -0.1) is 0 Å². The van der Waals surface area contributed by atoms with Gasteiger partial charge in [-0.1, -0.05) is 13.0 Å². The molecule has 5 nitrogen and oxygen atoms in total. The zero-order chi connectivity index (χ0) is 17.9. The first-order chi connectivity index (χ1) is 11.9. The number of hydrogen-bond acceptors (Lipinski definition) is 5. The van der Waals surface area contributed by atoms with Gasteiger partial charge in [0, 0.05) is 11.1 Å². The first-order valence-electron chi connectivity index (χ1n) is 8.27. The fourth-order valence-corrected chi connectivity index (χ4v) is 4.07. The lowest BCUT2D eigenvalue weighted by atomic mass is 9.74. The van der Waals surface area contributed by atoms with Crippen LogP contribution >= 0.6 is 0 Å². The van der Waals surface area contributed by atoms with Crippen molar-refractivity contribution in [1.29, 1.82) is 0 Å². The van der Waals surface area contributed by atoms with Gasteiger partial charge in [0.25, 0.3) is 0 Å². The number of benzene rings is 2. The van der Waals surface area contributed by atoms with E-state index < -0.39 is 11.9 Å². The quantitative estimate of drug-likeness (QED) is 0.713. The van der Waals surface area contributed by atoms with Gasteiger partial charge in [-0.3, -0.25) is 9.59 Å². The predicted molar refractivity (Wildman–Crippen MR) is 90.4 cm³/mol. The van der Waals surface area contributed by atoms with Gasteiger partial charge < -0.3 is 14.9 Å². The molecule has 0 saturated carbocycles. The Labute approximate surface area is 144 Å². The highest BCUT2D eigenvalue weighted by Crippen LogP contribution is 2.43. The molecule has 0 amide bonds. The molecule has 2 aliphatic carbocycles. The van der Waals surface area contributed by atoms with Crippen LogP contribution in [0.1, 0.15) is 62.4 Å². The molecule has 0 fully saturated rings. The summed E-state index contributed by atoms with van der Waals surface area (Å²) in [6.07, 6.45) is 0.500. The van der Waals surface area contributed by atoms with E-state index in [0.29, 0.717) is 17.9 Å². The van der Waals surface area contributed by atoms with Crippen LogP contribution in [-0.4, -0.2) is 28.9 Å². The molecular weight excluding hydrogens is 320 g/mol. The second-order valence-corrected chi connectivity index (χ2v) is 6.82. The molecule has 2 aliphatic rings. The number of methoxy groups -OCH3 is 1. The van der Waals surface area contributed by atoms with E-state index in [2.05, 4.69) is 0 Å². The normalized spacial score (nSPS) is 21.4. The summed E-state index contributed by atoms with van der Waals surface area (Å²) in [5.41, 5.74) is 1.93. The van der Waals surface area contributed by atoms with E-state index in [1.54, 1.807) is 6.07 Å². The summed E-state index contributed by atoms with van der Waals surface area (Å²) < 4.78 is 5.22. The van der Waals surface area contributed by atoms with Gasteiger partial charge in [-0.05, 0) is 48.1 Å². The van der Waals surface area contributed by atoms with Crippen LogP contribution in [0.5, 0.6) is 11.5 Å². The number of aliphatic hydroxyl groups excluding tert-OH is 1. The van der Waals surface area contributed by atoms with E-state index in [4.69, 9.17) is 4.74 Å². The Kier molecular flexibility index (Phi) is 3.44. The summed E-state index contributed by atoms with van der Waals surface area (Å²) in [5, 5.41) is 20.8. The number of ketones is 2. The third kappa shape index (κ3) is 2.12. The zero-order valence-electron chi connectivity index (χ0n) is 14.0. The van der Waals surface area contributed by atoms with Crippen molar-refractivity contribution in [2.75, 3.05) is 7.11 Å². The van der Waals surface area contributed by atoms with Crippen LogP contribution in [0.15, 0.2) is 24.3 Å². The Balaban J connectivity index is 2.02. The molecule has 25 heavy (non-hydrogen) atoms. The first kappa shape index (κ1) is 15.8. The molecule has 0 bridgehead atoms. The maximum absolute atomic E-state index is 13.2. The van der Waals surface area contributed by atoms with Gasteiger partial charge >= 0.3 is 0 Å². The third-order valence-electron chi connectivity index (χ3n) is 5.15. The molecule has 2 aromatic rings. The van der Waals surface area contributed by atoms with Crippen LogP contribution in [-0.2, 0) is 6.42 Å². The molecule has 0 aromatic heterocycles. The monoisotopic (exact) mass is 338 g/mol. The number of hydrogen-bond donors (Lipinski definition) is 2. The van der Waals surface area contributed by atoms with Crippen molar-refractivity contribution in [3.8, 4) is 11.5 Å². The molecule has 128 valence electrons. The Morgan fingerprint density at radius 3 is 2.52 bits per heavy atom. The summed E-state index contributed by atoms with van der Waals surface area (Å²) in [7, 11) is 1.41. The molecule has 0 spiro atoms. The van der Waals surface area contributed by atoms with E-state index in [0.717, 1.165) is 12.0 Å². The number of aliphatic hydroxyl groups is 1. The largest absolute Gasteiger partial charge is 0.507 e. The van der Waals surface area contributed by atoms with Crippen molar-refractivity contribution in [2.45, 2.75) is 25.9 Å². The summed E-state index contributed by atoms with van der Waals surface area (Å²) in [6, 6.07) is 6.28. The lowest BCUT2D eigenvalue weighted by Crippen LogP contribution is -2.27. The van der Waals surface area contributed by atoms with Gasteiger partial charge in [-0.25, -0.2) is 0 Å². The Bertz CT molecular complexity index is 928. The second-order valence-electron chi connectivity index (χ2n) is 6.82. The summed E-state index contributed by atoms with van der Waals surface area (Å²) >= 11 is 0. The number of carbonyl (C=O) groups is 2. The summed E-state index contributed by atoms with van der Waals surface area (Å²) in [5.74, 6) is -0.507. The van der Waals surface area contributed by atoms with Crippen molar-refractivity contribution in [3.05, 3.63) is 57.6 Å². The Morgan fingerprint density at radius 2 is 1.80 bits per heavy atom. The average molecular weight is 338 g/mol. The minimum atomic E-state index is -0.792. The molecule has 5 heteroatoms. The molecular formula is C20H18O5. The number of phenols is 1. The zero-order valence-corrected chi connectivity index (χ0v) is 14.0. The van der Waals surface area contributed by atoms with E-state index >= 15 is 0 Å². The number of carbonyl (C=O) groups excluding carboxylic acids is 2.